The van der Waals surface area contributed by atoms with E-state index in [2.05, 4.69) is 46.9 Å². The zero-order valence-electron chi connectivity index (χ0n) is 12.4. The fourth-order valence-electron chi connectivity index (χ4n) is 3.85. The third-order valence-electron chi connectivity index (χ3n) is 4.94. The summed E-state index contributed by atoms with van der Waals surface area (Å²) in [6.07, 6.45) is 2.88. The first-order chi connectivity index (χ1) is 10.4. The van der Waals surface area contributed by atoms with Gasteiger partial charge in [0.2, 0.25) is 0 Å². The van der Waals surface area contributed by atoms with E-state index in [-0.39, 0.29) is 12.1 Å². The first-order valence-electron chi connectivity index (χ1n) is 7.86. The Morgan fingerprint density at radius 1 is 1.38 bits per heavy atom. The minimum Gasteiger partial charge on any atom is -0.373 e. The van der Waals surface area contributed by atoms with Crippen LogP contribution in [-0.2, 0) is 4.74 Å². The summed E-state index contributed by atoms with van der Waals surface area (Å²) in [5.74, 6) is 0. The van der Waals surface area contributed by atoms with Gasteiger partial charge in [0.25, 0.3) is 0 Å². The molecule has 4 rings (SSSR count). The van der Waals surface area contributed by atoms with E-state index in [4.69, 9.17) is 4.74 Å². The molecule has 3 heterocycles. The molecule has 0 amide bonds. The number of likely N-dealkylation sites (N-methyl/N-ethyl adjacent to an activating group) is 1. The van der Waals surface area contributed by atoms with E-state index in [0.29, 0.717) is 6.04 Å². The van der Waals surface area contributed by atoms with Crippen LogP contribution in [0.5, 0.6) is 0 Å². The third-order valence-corrected chi connectivity index (χ3v) is 5.92. The Morgan fingerprint density at radius 2 is 2.33 bits per heavy atom. The highest BCUT2D eigenvalue weighted by Gasteiger charge is 2.36. The first-order valence-corrected chi connectivity index (χ1v) is 8.74. The topological polar surface area (TPSA) is 24.5 Å². The van der Waals surface area contributed by atoms with Crippen molar-refractivity contribution in [1.82, 2.24) is 10.2 Å². The summed E-state index contributed by atoms with van der Waals surface area (Å²) < 4.78 is 7.62. The zero-order chi connectivity index (χ0) is 14.2. The summed E-state index contributed by atoms with van der Waals surface area (Å²) in [7, 11) is 2.05. The van der Waals surface area contributed by atoms with Gasteiger partial charge < -0.3 is 10.1 Å². The molecule has 2 aliphatic heterocycles. The van der Waals surface area contributed by atoms with Crippen LogP contribution in [0.3, 0.4) is 0 Å². The van der Waals surface area contributed by atoms with Crippen LogP contribution in [0.4, 0.5) is 0 Å². The average Bonchev–Trinajstić information content (AvgIpc) is 3.16. The normalized spacial score (nSPS) is 27.9. The maximum atomic E-state index is 6.23. The van der Waals surface area contributed by atoms with E-state index >= 15 is 0 Å². The van der Waals surface area contributed by atoms with Gasteiger partial charge in [-0.25, -0.2) is 0 Å². The van der Waals surface area contributed by atoms with Crippen LogP contribution in [-0.4, -0.2) is 43.8 Å². The highest BCUT2D eigenvalue weighted by molar-refractivity contribution is 7.17. The number of nitrogens with one attached hydrogen (secondary N) is 1. The highest BCUT2D eigenvalue weighted by atomic mass is 32.1. The van der Waals surface area contributed by atoms with E-state index in [1.165, 1.54) is 35.0 Å². The second kappa shape index (κ2) is 5.69. The molecule has 2 aromatic rings. The first kappa shape index (κ1) is 13.7. The lowest BCUT2D eigenvalue weighted by molar-refractivity contribution is -0.0640. The molecule has 3 nitrogen and oxygen atoms in total. The lowest BCUT2D eigenvalue weighted by Gasteiger charge is -2.39. The minimum absolute atomic E-state index is 0.247. The average molecular weight is 302 g/mol. The molecule has 0 saturated carbocycles. The van der Waals surface area contributed by atoms with E-state index in [0.717, 1.165) is 13.2 Å². The van der Waals surface area contributed by atoms with Crippen LogP contribution in [0.25, 0.3) is 10.1 Å². The number of benzene rings is 1. The molecule has 0 aliphatic carbocycles. The smallest absolute Gasteiger partial charge is 0.0897 e. The number of morpholine rings is 1. The minimum atomic E-state index is 0.247. The van der Waals surface area contributed by atoms with Gasteiger partial charge in [0, 0.05) is 17.3 Å². The van der Waals surface area contributed by atoms with E-state index < -0.39 is 0 Å². The SMILES string of the molecule is CNC(c1cccc2ccsc12)C1CN2CCCC2CO1. The summed E-state index contributed by atoms with van der Waals surface area (Å²) in [5.41, 5.74) is 1.38. The van der Waals surface area contributed by atoms with E-state index in [1.807, 2.05) is 11.3 Å². The second-order valence-corrected chi connectivity index (χ2v) is 7.03. The summed E-state index contributed by atoms with van der Waals surface area (Å²) in [6.45, 7) is 3.19. The van der Waals surface area contributed by atoms with Crippen molar-refractivity contribution in [1.29, 1.82) is 0 Å². The van der Waals surface area contributed by atoms with Gasteiger partial charge in [0.15, 0.2) is 0 Å². The lowest BCUT2D eigenvalue weighted by Crippen LogP contribution is -2.50. The van der Waals surface area contributed by atoms with Gasteiger partial charge in [-0.2, -0.15) is 0 Å². The van der Waals surface area contributed by atoms with Crippen LogP contribution in [0.1, 0.15) is 24.4 Å². The van der Waals surface area contributed by atoms with Gasteiger partial charge in [-0.15, -0.1) is 11.3 Å². The van der Waals surface area contributed by atoms with Crippen molar-refractivity contribution in [2.45, 2.75) is 31.0 Å². The fourth-order valence-corrected chi connectivity index (χ4v) is 4.80. The quantitative estimate of drug-likeness (QED) is 0.943. The maximum Gasteiger partial charge on any atom is 0.0897 e. The van der Waals surface area contributed by atoms with Gasteiger partial charge in [-0.1, -0.05) is 18.2 Å². The standard InChI is InChI=1S/C17H22N2OS/c1-18-16(14-6-2-4-12-7-9-21-17(12)14)15-10-19-8-3-5-13(19)11-20-15/h2,4,6-7,9,13,15-16,18H,3,5,8,10-11H2,1H3. The van der Waals surface area contributed by atoms with Crippen molar-refractivity contribution < 1.29 is 4.74 Å². The van der Waals surface area contributed by atoms with E-state index in [1.54, 1.807) is 0 Å². The Hall–Kier alpha value is -0.940. The summed E-state index contributed by atoms with van der Waals surface area (Å²) in [4.78, 5) is 2.62. The van der Waals surface area contributed by atoms with Crippen LogP contribution in [0.15, 0.2) is 29.6 Å². The van der Waals surface area contributed by atoms with Crippen LogP contribution in [0, 0.1) is 0 Å². The third kappa shape index (κ3) is 2.40. The van der Waals surface area contributed by atoms with Crippen molar-refractivity contribution in [3.05, 3.63) is 35.2 Å². The Morgan fingerprint density at radius 3 is 3.24 bits per heavy atom. The Kier molecular flexibility index (Phi) is 3.71. The molecule has 1 N–H and O–H groups in total. The molecule has 2 aliphatic rings. The summed E-state index contributed by atoms with van der Waals surface area (Å²) >= 11 is 1.83. The summed E-state index contributed by atoms with van der Waals surface area (Å²) in [6, 6.07) is 9.75. The number of nitrogens with zero attached hydrogens (tertiary/aromatic N) is 1. The van der Waals surface area contributed by atoms with Gasteiger partial charge in [0.1, 0.15) is 0 Å². The summed E-state index contributed by atoms with van der Waals surface area (Å²) in [5, 5.41) is 7.02. The van der Waals surface area contributed by atoms with Gasteiger partial charge in [-0.05, 0) is 48.8 Å². The van der Waals surface area contributed by atoms with Gasteiger partial charge in [0.05, 0.1) is 18.8 Å². The molecule has 112 valence electrons. The number of ether oxygens (including phenoxy) is 1. The van der Waals surface area contributed by atoms with Crippen molar-refractivity contribution in [2.75, 3.05) is 26.7 Å². The lowest BCUT2D eigenvalue weighted by atomic mass is 9.98. The van der Waals surface area contributed by atoms with Gasteiger partial charge in [-0.3, -0.25) is 4.90 Å². The van der Waals surface area contributed by atoms with Gasteiger partial charge >= 0.3 is 0 Å². The number of hydrogen-bond acceptors (Lipinski definition) is 4. The highest BCUT2D eigenvalue weighted by Crippen LogP contribution is 2.34. The molecule has 0 bridgehead atoms. The van der Waals surface area contributed by atoms with Crippen molar-refractivity contribution in [2.24, 2.45) is 0 Å². The Balaban J connectivity index is 1.64. The monoisotopic (exact) mass is 302 g/mol. The molecule has 0 spiro atoms. The number of fused-ring (bicyclic) bond motifs is 2. The predicted octanol–water partition coefficient (Wildman–Crippen LogP) is 3.03. The number of thiophene rings is 1. The zero-order valence-corrected chi connectivity index (χ0v) is 13.2. The molecule has 3 unspecified atom stereocenters. The van der Waals surface area contributed by atoms with Crippen molar-refractivity contribution in [3.8, 4) is 0 Å². The maximum absolute atomic E-state index is 6.23. The molecule has 21 heavy (non-hydrogen) atoms. The number of rotatable bonds is 3. The molecular formula is C17H22N2OS. The van der Waals surface area contributed by atoms with E-state index in [9.17, 15) is 0 Å². The number of hydrogen-bond donors (Lipinski definition) is 1. The molecule has 2 saturated heterocycles. The van der Waals surface area contributed by atoms with Crippen molar-refractivity contribution >= 4 is 21.4 Å². The Labute approximate surface area is 129 Å². The second-order valence-electron chi connectivity index (χ2n) is 6.12. The molecule has 1 aromatic carbocycles. The largest absolute Gasteiger partial charge is 0.373 e. The molecule has 3 atom stereocenters. The molecular weight excluding hydrogens is 280 g/mol. The van der Waals surface area contributed by atoms with Crippen LogP contribution >= 0.6 is 11.3 Å². The molecule has 2 fully saturated rings. The molecule has 4 heteroatoms. The Bertz CT molecular complexity index is 626. The molecule has 1 aromatic heterocycles. The van der Waals surface area contributed by atoms with Crippen LogP contribution < -0.4 is 5.32 Å². The predicted molar refractivity (Wildman–Crippen MR) is 88.0 cm³/mol. The molecule has 0 radical (unpaired) electrons. The van der Waals surface area contributed by atoms with Crippen molar-refractivity contribution in [3.63, 3.8) is 0 Å². The fraction of sp³-hybridized carbons (Fsp3) is 0.529. The van der Waals surface area contributed by atoms with Crippen LogP contribution in [0.2, 0.25) is 0 Å².